The maximum absolute atomic E-state index is 14.4. The van der Waals surface area contributed by atoms with Crippen LogP contribution in [0.2, 0.25) is 5.15 Å². The van der Waals surface area contributed by atoms with E-state index in [0.717, 1.165) is 17.2 Å². The Morgan fingerprint density at radius 1 is 1.12 bits per heavy atom. The third-order valence-electron chi connectivity index (χ3n) is 4.85. The van der Waals surface area contributed by atoms with E-state index in [0.29, 0.717) is 28.0 Å². The number of hydrogen-bond donors (Lipinski definition) is 0. The zero-order valence-electron chi connectivity index (χ0n) is 17.3. The maximum Gasteiger partial charge on any atom is 0.356 e. The zero-order valence-corrected chi connectivity index (χ0v) is 18.9. The maximum atomic E-state index is 14.4. The summed E-state index contributed by atoms with van der Waals surface area (Å²) in [5.74, 6) is -4.37. The van der Waals surface area contributed by atoms with Crippen molar-refractivity contribution in [3.63, 3.8) is 0 Å². The van der Waals surface area contributed by atoms with Crippen molar-refractivity contribution in [2.45, 2.75) is 30.5 Å². The summed E-state index contributed by atoms with van der Waals surface area (Å²) in [5.41, 5.74) is -0.150. The van der Waals surface area contributed by atoms with E-state index in [1.54, 1.807) is 12.3 Å². The van der Waals surface area contributed by atoms with E-state index in [1.165, 1.54) is 34.8 Å². The third-order valence-corrected chi connectivity index (χ3v) is 5.97. The third kappa shape index (κ3) is 4.39. The first-order valence-corrected chi connectivity index (χ1v) is 11.2. The van der Waals surface area contributed by atoms with E-state index in [1.807, 2.05) is 13.0 Å². The molecule has 0 bridgehead atoms. The van der Waals surface area contributed by atoms with Crippen molar-refractivity contribution in [1.82, 2.24) is 24.3 Å². The van der Waals surface area contributed by atoms with Crippen molar-refractivity contribution in [3.05, 3.63) is 64.4 Å². The lowest BCUT2D eigenvalue weighted by atomic mass is 10.1. The van der Waals surface area contributed by atoms with Gasteiger partial charge in [-0.2, -0.15) is 13.9 Å². The van der Waals surface area contributed by atoms with Crippen LogP contribution in [0, 0.1) is 0 Å². The van der Waals surface area contributed by atoms with Crippen LogP contribution in [-0.2, 0) is 0 Å². The highest BCUT2D eigenvalue weighted by Crippen LogP contribution is 2.37. The molecule has 1 unspecified atom stereocenters. The fourth-order valence-electron chi connectivity index (χ4n) is 3.26. The highest BCUT2D eigenvalue weighted by atomic mass is 35.5. The second kappa shape index (κ2) is 9.34. The minimum atomic E-state index is -5.06. The molecule has 13 heteroatoms. The molecule has 0 radical (unpaired) electrons. The summed E-state index contributed by atoms with van der Waals surface area (Å²) >= 11 is 7.34. The Bertz CT molecular complexity index is 1410. The van der Waals surface area contributed by atoms with Crippen LogP contribution in [-0.4, -0.2) is 42.4 Å². The van der Waals surface area contributed by atoms with Crippen molar-refractivity contribution in [1.29, 1.82) is 0 Å². The van der Waals surface area contributed by atoms with E-state index in [-0.39, 0.29) is 15.5 Å². The fraction of sp³-hybridized carbons (Fsp3) is 0.238. The van der Waals surface area contributed by atoms with Crippen LogP contribution in [0.5, 0.6) is 0 Å². The van der Waals surface area contributed by atoms with Crippen molar-refractivity contribution in [2.75, 3.05) is 5.75 Å². The predicted octanol–water partition coefficient (Wildman–Crippen LogP) is 5.78. The second-order valence-electron chi connectivity index (χ2n) is 7.04. The summed E-state index contributed by atoms with van der Waals surface area (Å²) in [6, 6.07) is 6.96. The van der Waals surface area contributed by atoms with E-state index in [4.69, 9.17) is 11.6 Å². The van der Waals surface area contributed by atoms with Gasteiger partial charge in [-0.1, -0.05) is 18.5 Å². The summed E-state index contributed by atoms with van der Waals surface area (Å²) < 4.78 is 68.7. The van der Waals surface area contributed by atoms with Crippen molar-refractivity contribution >= 4 is 34.3 Å². The molecule has 34 heavy (non-hydrogen) atoms. The van der Waals surface area contributed by atoms with Gasteiger partial charge in [0.15, 0.2) is 5.15 Å². The Kier molecular flexibility index (Phi) is 6.63. The topological polar surface area (TPSA) is 65.6 Å². The first-order valence-electron chi connectivity index (χ1n) is 9.79. The number of hydrogen-bond acceptors (Lipinski definition) is 5. The van der Waals surface area contributed by atoms with Crippen LogP contribution >= 0.6 is 23.4 Å². The van der Waals surface area contributed by atoms with Crippen LogP contribution < -0.4 is 5.56 Å². The van der Waals surface area contributed by atoms with Gasteiger partial charge in [-0.3, -0.25) is 19.3 Å². The number of aromatic nitrogens is 5. The molecule has 6 nitrogen and oxygen atoms in total. The normalized spacial score (nSPS) is 13.1. The molecule has 0 amide bonds. The predicted molar refractivity (Wildman–Crippen MR) is 119 cm³/mol. The van der Waals surface area contributed by atoms with Crippen LogP contribution in [0.1, 0.15) is 13.2 Å². The average molecular weight is 516 g/mol. The summed E-state index contributed by atoms with van der Waals surface area (Å²) in [6.45, 7) is 1.93. The summed E-state index contributed by atoms with van der Waals surface area (Å²) in [6.07, 6.45) is -3.68. The lowest BCUT2D eigenvalue weighted by Gasteiger charge is -2.22. The summed E-state index contributed by atoms with van der Waals surface area (Å²) in [4.78, 5) is 21.4. The number of fused-ring (bicyclic) bond motifs is 1. The number of alkyl halides is 5. The van der Waals surface area contributed by atoms with E-state index >= 15 is 0 Å². The number of thioether (sulfide) groups is 1. The molecule has 0 fully saturated rings. The number of rotatable bonds is 7. The van der Waals surface area contributed by atoms with Gasteiger partial charge in [0, 0.05) is 22.5 Å². The molecule has 0 saturated heterocycles. The lowest BCUT2D eigenvalue weighted by Crippen LogP contribution is -2.39. The Hall–Kier alpha value is -2.99. The standard InChI is InChI=1S/C21H15ClF5N5OS/c1-2-34-15-8-12(31-6-5-16(22)30-31)9-29-18(15)13-7-11-3-4-17(33)32(14(11)10-28-13)20(25)21(26,27)19(23)24/h3-10,19-20H,2H2,1H3. The molecular weight excluding hydrogens is 501 g/mol. The Morgan fingerprint density at radius 2 is 1.88 bits per heavy atom. The van der Waals surface area contributed by atoms with Crippen LogP contribution in [0.4, 0.5) is 22.0 Å². The van der Waals surface area contributed by atoms with Gasteiger partial charge in [-0.05, 0) is 30.0 Å². The smallest absolute Gasteiger partial charge is 0.270 e. The van der Waals surface area contributed by atoms with Gasteiger partial charge < -0.3 is 0 Å². The fourth-order valence-corrected chi connectivity index (χ4v) is 4.21. The van der Waals surface area contributed by atoms with Gasteiger partial charge in [0.2, 0.25) is 6.30 Å². The monoisotopic (exact) mass is 515 g/mol. The van der Waals surface area contributed by atoms with Crippen LogP contribution in [0.3, 0.4) is 0 Å². The molecule has 0 aromatic carbocycles. The Labute approximate surface area is 198 Å². The van der Waals surface area contributed by atoms with Crippen LogP contribution in [0.25, 0.3) is 28.0 Å². The quantitative estimate of drug-likeness (QED) is 0.231. The van der Waals surface area contributed by atoms with Gasteiger partial charge in [-0.15, -0.1) is 11.8 Å². The molecule has 0 saturated carbocycles. The van der Waals surface area contributed by atoms with Crippen molar-refractivity contribution in [3.8, 4) is 17.1 Å². The number of halogens is 6. The highest BCUT2D eigenvalue weighted by Gasteiger charge is 2.51. The van der Waals surface area contributed by atoms with Gasteiger partial charge in [0.25, 0.3) is 5.56 Å². The molecular formula is C21H15ClF5N5OS. The van der Waals surface area contributed by atoms with Gasteiger partial charge >= 0.3 is 12.3 Å². The first kappa shape index (κ1) is 24.1. The summed E-state index contributed by atoms with van der Waals surface area (Å²) in [7, 11) is 0. The Morgan fingerprint density at radius 3 is 2.53 bits per heavy atom. The molecule has 4 aromatic heterocycles. The van der Waals surface area contributed by atoms with Gasteiger partial charge in [0.1, 0.15) is 5.69 Å². The zero-order chi connectivity index (χ0) is 24.6. The van der Waals surface area contributed by atoms with Gasteiger partial charge in [0.05, 0.1) is 29.3 Å². The van der Waals surface area contributed by atoms with Crippen LogP contribution in [0.15, 0.2) is 58.6 Å². The first-order chi connectivity index (χ1) is 16.1. The minimum absolute atomic E-state index is 0.0159. The average Bonchev–Trinajstić information content (AvgIpc) is 3.24. The van der Waals surface area contributed by atoms with Crippen molar-refractivity contribution < 1.29 is 22.0 Å². The van der Waals surface area contributed by atoms with Crippen molar-refractivity contribution in [2.24, 2.45) is 0 Å². The minimum Gasteiger partial charge on any atom is -0.270 e. The Balaban J connectivity index is 1.82. The molecule has 178 valence electrons. The molecule has 0 N–H and O–H groups in total. The van der Waals surface area contributed by atoms with E-state index in [2.05, 4.69) is 15.1 Å². The number of nitrogens with zero attached hydrogens (tertiary/aromatic N) is 5. The molecule has 4 rings (SSSR count). The molecule has 1 atom stereocenters. The molecule has 0 aliphatic heterocycles. The second-order valence-corrected chi connectivity index (χ2v) is 8.73. The molecule has 0 spiro atoms. The summed E-state index contributed by atoms with van der Waals surface area (Å²) in [5, 5.41) is 4.58. The molecule has 0 aliphatic rings. The van der Waals surface area contributed by atoms with E-state index < -0.39 is 24.2 Å². The largest absolute Gasteiger partial charge is 0.356 e. The number of pyridine rings is 3. The van der Waals surface area contributed by atoms with Gasteiger partial charge in [-0.25, -0.2) is 17.9 Å². The molecule has 4 aromatic rings. The van der Waals surface area contributed by atoms with E-state index in [9.17, 15) is 26.7 Å². The highest BCUT2D eigenvalue weighted by molar-refractivity contribution is 7.99. The molecule has 4 heterocycles. The lowest BCUT2D eigenvalue weighted by molar-refractivity contribution is -0.191. The molecule has 0 aliphatic carbocycles. The SMILES string of the molecule is CCSc1cc(-n2ccc(Cl)n2)cnc1-c1cc2ccc(=O)n(C(F)C(F)(F)C(F)F)c2cn1.